The molecular weight excluding hydrogens is 270 g/mol. The summed E-state index contributed by atoms with van der Waals surface area (Å²) in [7, 11) is 0. The lowest BCUT2D eigenvalue weighted by molar-refractivity contribution is 0.580. The van der Waals surface area contributed by atoms with Gasteiger partial charge in [-0.05, 0) is 40.6 Å². The molecule has 19 heavy (non-hydrogen) atoms. The third-order valence-electron chi connectivity index (χ3n) is 3.12. The van der Waals surface area contributed by atoms with Crippen LogP contribution in [0.1, 0.15) is 38.8 Å². The van der Waals surface area contributed by atoms with Gasteiger partial charge in [0.2, 0.25) is 0 Å². The number of rotatable bonds is 7. The average Bonchev–Trinajstić information content (AvgIpc) is 2.87. The summed E-state index contributed by atoms with van der Waals surface area (Å²) in [6, 6.07) is 9.37. The Morgan fingerprint density at radius 3 is 2.84 bits per heavy atom. The average molecular weight is 294 g/mol. The number of hydrogen-bond acceptors (Lipinski definition) is 3. The fourth-order valence-electron chi connectivity index (χ4n) is 2.16. The van der Waals surface area contributed by atoms with Crippen LogP contribution >= 0.6 is 23.1 Å². The Bertz CT molecular complexity index is 504. The van der Waals surface area contributed by atoms with Crippen molar-refractivity contribution < 1.29 is 0 Å². The van der Waals surface area contributed by atoms with Crippen LogP contribution in [0.4, 0.5) is 0 Å². The van der Waals surface area contributed by atoms with Crippen LogP contribution in [0.2, 0.25) is 0 Å². The summed E-state index contributed by atoms with van der Waals surface area (Å²) in [5, 5.41) is 7.97. The lowest BCUT2D eigenvalue weighted by Crippen LogP contribution is -2.24. The maximum absolute atomic E-state index is 3.71. The molecule has 1 aromatic heterocycles. The molecule has 1 atom stereocenters. The zero-order chi connectivity index (χ0) is 13.7. The van der Waals surface area contributed by atoms with E-state index < -0.39 is 0 Å². The van der Waals surface area contributed by atoms with Crippen LogP contribution in [0.3, 0.4) is 0 Å². The van der Waals surface area contributed by atoms with Crippen LogP contribution in [0, 0.1) is 0 Å². The maximum atomic E-state index is 3.71. The molecule has 1 heterocycles. The lowest BCUT2D eigenvalue weighted by Gasteiger charge is -2.20. The van der Waals surface area contributed by atoms with Crippen molar-refractivity contribution in [3.63, 3.8) is 0 Å². The molecule has 0 bridgehead atoms. The first kappa shape index (κ1) is 14.9. The van der Waals surface area contributed by atoms with Gasteiger partial charge in [-0.3, -0.25) is 0 Å². The molecule has 2 rings (SSSR count). The van der Waals surface area contributed by atoms with Gasteiger partial charge in [-0.25, -0.2) is 0 Å². The number of hydrogen-bond donors (Lipinski definition) is 1. The summed E-state index contributed by atoms with van der Waals surface area (Å²) in [6.45, 7) is 7.86. The third kappa shape index (κ3) is 3.98. The first-order valence-electron chi connectivity index (χ1n) is 7.03. The minimum absolute atomic E-state index is 0.467. The quantitative estimate of drug-likeness (QED) is 0.763. The highest BCUT2D eigenvalue weighted by Crippen LogP contribution is 2.31. The Morgan fingerprint density at radius 1 is 1.26 bits per heavy atom. The summed E-state index contributed by atoms with van der Waals surface area (Å²) in [6.07, 6.45) is 1.18. The largest absolute Gasteiger partial charge is 0.309 e. The van der Waals surface area contributed by atoms with Crippen LogP contribution < -0.4 is 5.32 Å². The number of fused-ring (bicyclic) bond motifs is 1. The molecule has 2 aromatic rings. The van der Waals surface area contributed by atoms with Crippen LogP contribution in [-0.4, -0.2) is 17.5 Å². The standard InChI is InChI=1S/C16H23NS2/c1-4-9-17-15(11-19-12(2)3)14-7-5-6-13-8-10-18-16(13)14/h5-8,10,12,15,17H,4,9,11H2,1-3H3. The van der Waals surface area contributed by atoms with Gasteiger partial charge in [-0.15, -0.1) is 11.3 Å². The lowest BCUT2D eigenvalue weighted by atomic mass is 10.1. The van der Waals surface area contributed by atoms with Gasteiger partial charge in [0, 0.05) is 16.5 Å². The van der Waals surface area contributed by atoms with E-state index in [1.807, 2.05) is 23.1 Å². The summed E-state index contributed by atoms with van der Waals surface area (Å²) in [5.74, 6) is 1.15. The van der Waals surface area contributed by atoms with Gasteiger partial charge in [0.15, 0.2) is 0 Å². The maximum Gasteiger partial charge on any atom is 0.0426 e. The molecule has 0 spiro atoms. The van der Waals surface area contributed by atoms with Crippen molar-refractivity contribution in [2.45, 2.75) is 38.5 Å². The molecule has 3 heteroatoms. The van der Waals surface area contributed by atoms with E-state index in [9.17, 15) is 0 Å². The van der Waals surface area contributed by atoms with E-state index in [2.05, 4.69) is 55.7 Å². The normalized spacial score (nSPS) is 13.3. The second kappa shape index (κ2) is 7.32. The fraction of sp³-hybridized carbons (Fsp3) is 0.500. The first-order chi connectivity index (χ1) is 9.22. The Kier molecular flexibility index (Phi) is 5.74. The van der Waals surface area contributed by atoms with Gasteiger partial charge in [0.1, 0.15) is 0 Å². The van der Waals surface area contributed by atoms with Gasteiger partial charge in [0.25, 0.3) is 0 Å². The third-order valence-corrected chi connectivity index (χ3v) is 5.29. The smallest absolute Gasteiger partial charge is 0.0426 e. The van der Waals surface area contributed by atoms with Crippen LogP contribution in [0.5, 0.6) is 0 Å². The molecule has 1 unspecified atom stereocenters. The highest BCUT2D eigenvalue weighted by molar-refractivity contribution is 7.99. The van der Waals surface area contributed by atoms with E-state index >= 15 is 0 Å². The minimum atomic E-state index is 0.467. The van der Waals surface area contributed by atoms with Crippen molar-refractivity contribution >= 4 is 33.2 Å². The Hall–Kier alpha value is -0.510. The second-order valence-electron chi connectivity index (χ2n) is 5.07. The monoisotopic (exact) mass is 293 g/mol. The van der Waals surface area contributed by atoms with Crippen molar-refractivity contribution in [2.75, 3.05) is 12.3 Å². The Labute approximate surface area is 124 Å². The summed E-state index contributed by atoms with van der Waals surface area (Å²) >= 11 is 3.90. The molecule has 0 fully saturated rings. The first-order valence-corrected chi connectivity index (χ1v) is 8.96. The highest BCUT2D eigenvalue weighted by Gasteiger charge is 2.15. The highest BCUT2D eigenvalue weighted by atomic mass is 32.2. The topological polar surface area (TPSA) is 12.0 Å². The van der Waals surface area contributed by atoms with Gasteiger partial charge in [0.05, 0.1) is 0 Å². The van der Waals surface area contributed by atoms with E-state index in [-0.39, 0.29) is 0 Å². The van der Waals surface area contributed by atoms with Crippen molar-refractivity contribution in [1.82, 2.24) is 5.32 Å². The molecule has 0 aliphatic carbocycles. The molecule has 1 aromatic carbocycles. The van der Waals surface area contributed by atoms with E-state index in [0.29, 0.717) is 11.3 Å². The van der Waals surface area contributed by atoms with E-state index in [1.54, 1.807) is 0 Å². The summed E-state index contributed by atoms with van der Waals surface area (Å²) in [5.41, 5.74) is 1.47. The number of thiophene rings is 1. The molecule has 1 nitrogen and oxygen atoms in total. The Morgan fingerprint density at radius 2 is 2.11 bits per heavy atom. The number of thioether (sulfide) groups is 1. The molecule has 0 radical (unpaired) electrons. The molecule has 104 valence electrons. The molecule has 0 amide bonds. The number of benzene rings is 1. The van der Waals surface area contributed by atoms with Gasteiger partial charge in [-0.1, -0.05) is 39.0 Å². The zero-order valence-electron chi connectivity index (χ0n) is 12.0. The molecule has 0 aliphatic heterocycles. The van der Waals surface area contributed by atoms with Crippen LogP contribution in [0.25, 0.3) is 10.1 Å². The van der Waals surface area contributed by atoms with Gasteiger partial charge in [-0.2, -0.15) is 11.8 Å². The van der Waals surface area contributed by atoms with Crippen molar-refractivity contribution in [2.24, 2.45) is 0 Å². The fourth-order valence-corrected chi connectivity index (χ4v) is 4.00. The summed E-state index contributed by atoms with van der Waals surface area (Å²) < 4.78 is 1.44. The van der Waals surface area contributed by atoms with Crippen molar-refractivity contribution in [1.29, 1.82) is 0 Å². The van der Waals surface area contributed by atoms with Crippen LogP contribution in [0.15, 0.2) is 29.6 Å². The van der Waals surface area contributed by atoms with E-state index in [0.717, 1.165) is 12.3 Å². The molecular formula is C16H23NS2. The predicted octanol–water partition coefficient (Wildman–Crippen LogP) is 5.08. The molecule has 0 aliphatic rings. The van der Waals surface area contributed by atoms with Gasteiger partial charge >= 0.3 is 0 Å². The molecule has 0 saturated carbocycles. The van der Waals surface area contributed by atoms with Gasteiger partial charge < -0.3 is 5.32 Å². The second-order valence-corrected chi connectivity index (χ2v) is 7.60. The summed E-state index contributed by atoms with van der Waals surface area (Å²) in [4.78, 5) is 0. The van der Waals surface area contributed by atoms with E-state index in [1.165, 1.54) is 22.1 Å². The van der Waals surface area contributed by atoms with Crippen LogP contribution in [-0.2, 0) is 0 Å². The minimum Gasteiger partial charge on any atom is -0.309 e. The number of nitrogens with one attached hydrogen (secondary N) is 1. The Balaban J connectivity index is 2.22. The predicted molar refractivity (Wildman–Crippen MR) is 90.5 cm³/mol. The molecule has 0 saturated heterocycles. The van der Waals surface area contributed by atoms with Crippen molar-refractivity contribution in [3.8, 4) is 0 Å². The van der Waals surface area contributed by atoms with Crippen molar-refractivity contribution in [3.05, 3.63) is 35.2 Å². The zero-order valence-corrected chi connectivity index (χ0v) is 13.6. The van der Waals surface area contributed by atoms with E-state index in [4.69, 9.17) is 0 Å². The molecule has 1 N–H and O–H groups in total. The SMILES string of the molecule is CCCNC(CSC(C)C)c1cccc2ccsc12.